The van der Waals surface area contributed by atoms with Crippen molar-refractivity contribution >= 4 is 16.8 Å². The largest absolute Gasteiger partial charge is 0.473 e. The minimum atomic E-state index is -4.50. The van der Waals surface area contributed by atoms with E-state index in [2.05, 4.69) is 10.1 Å². The van der Waals surface area contributed by atoms with Crippen molar-refractivity contribution in [3.05, 3.63) is 29.6 Å². The predicted molar refractivity (Wildman–Crippen MR) is 77.4 cm³/mol. The van der Waals surface area contributed by atoms with Crippen molar-refractivity contribution in [2.24, 2.45) is 7.05 Å². The van der Waals surface area contributed by atoms with Gasteiger partial charge in [0.15, 0.2) is 0 Å². The number of aryl methyl sites for hydroxylation is 1. The van der Waals surface area contributed by atoms with E-state index >= 15 is 0 Å². The Labute approximate surface area is 135 Å². The van der Waals surface area contributed by atoms with Crippen molar-refractivity contribution < 1.29 is 22.7 Å². The van der Waals surface area contributed by atoms with Gasteiger partial charge in [0.25, 0.3) is 5.24 Å². The second kappa shape index (κ2) is 6.19. The lowest BCUT2D eigenvalue weighted by atomic mass is 10.1. The third-order valence-electron chi connectivity index (χ3n) is 2.90. The summed E-state index contributed by atoms with van der Waals surface area (Å²) in [5.41, 5.74) is -0.620. The molecule has 0 radical (unpaired) electrons. The number of hydrogen-bond donors (Lipinski definition) is 0. The van der Waals surface area contributed by atoms with Gasteiger partial charge in [0.2, 0.25) is 5.88 Å². The van der Waals surface area contributed by atoms with Gasteiger partial charge in [-0.2, -0.15) is 13.2 Å². The molecule has 0 saturated carbocycles. The third kappa shape index (κ3) is 3.64. The highest BCUT2D eigenvalue weighted by Gasteiger charge is 2.31. The summed E-state index contributed by atoms with van der Waals surface area (Å²) in [7, 11) is 1.48. The molecule has 0 atom stereocenters. The molecule has 0 N–H and O–H groups in total. The third-order valence-corrected chi connectivity index (χ3v) is 3.07. The summed E-state index contributed by atoms with van der Waals surface area (Å²) in [5.74, 6) is 0.0822. The molecular formula is C14H13ClF3N3O2. The first-order valence-electron chi connectivity index (χ1n) is 6.58. The Balaban J connectivity index is 2.58. The van der Waals surface area contributed by atoms with E-state index in [1.165, 1.54) is 11.7 Å². The molecule has 0 aliphatic heterocycles. The normalized spacial score (nSPS) is 11.8. The lowest BCUT2D eigenvalue weighted by molar-refractivity contribution is -0.137. The van der Waals surface area contributed by atoms with Crippen LogP contribution in [0.4, 0.5) is 13.2 Å². The first-order chi connectivity index (χ1) is 10.6. The maximum Gasteiger partial charge on any atom is 0.417 e. The number of halogens is 4. The van der Waals surface area contributed by atoms with Gasteiger partial charge >= 0.3 is 6.18 Å². The Hall–Kier alpha value is -2.09. The summed E-state index contributed by atoms with van der Waals surface area (Å²) >= 11 is 5.55. The number of carbonyl (C=O) groups excluding carboxylic acids is 1. The number of pyridine rings is 1. The molecule has 23 heavy (non-hydrogen) atoms. The SMILES string of the molecule is CC(C)Oc1nn(C)c(C(=O)Cl)c1-c1ccc(C(F)(F)F)cn1. The van der Waals surface area contributed by atoms with E-state index in [0.29, 0.717) is 6.20 Å². The van der Waals surface area contributed by atoms with E-state index in [1.807, 2.05) is 0 Å². The lowest BCUT2D eigenvalue weighted by Crippen LogP contribution is -2.08. The summed E-state index contributed by atoms with van der Waals surface area (Å²) in [6.07, 6.45) is -4.07. The van der Waals surface area contributed by atoms with Crippen molar-refractivity contribution in [2.75, 3.05) is 0 Å². The molecule has 0 unspecified atom stereocenters. The molecule has 2 aromatic rings. The van der Waals surface area contributed by atoms with Gasteiger partial charge in [-0.15, -0.1) is 5.10 Å². The molecule has 2 aromatic heterocycles. The summed E-state index contributed by atoms with van der Waals surface area (Å²) in [4.78, 5) is 15.4. The Morgan fingerprint density at radius 3 is 2.43 bits per heavy atom. The van der Waals surface area contributed by atoms with Crippen LogP contribution in [0.2, 0.25) is 0 Å². The van der Waals surface area contributed by atoms with Gasteiger partial charge in [-0.1, -0.05) is 0 Å². The molecule has 0 aliphatic carbocycles. The standard InChI is InChI=1S/C14H13ClF3N3O2/c1-7(2)23-13-10(11(12(15)22)21(3)20-13)9-5-4-8(6-19-9)14(16,17)18/h4-7H,1-3H3. The Bertz CT molecular complexity index is 724. The van der Waals surface area contributed by atoms with E-state index < -0.39 is 17.0 Å². The molecule has 0 amide bonds. The van der Waals surface area contributed by atoms with Crippen LogP contribution in [0.1, 0.15) is 29.9 Å². The number of carbonyl (C=O) groups is 1. The van der Waals surface area contributed by atoms with Crippen LogP contribution >= 0.6 is 11.6 Å². The first kappa shape index (κ1) is 17.3. The molecule has 2 heterocycles. The quantitative estimate of drug-likeness (QED) is 0.792. The van der Waals surface area contributed by atoms with Gasteiger partial charge in [-0.05, 0) is 37.6 Å². The summed E-state index contributed by atoms with van der Waals surface area (Å²) in [5, 5.41) is 3.24. The molecule has 9 heteroatoms. The van der Waals surface area contributed by atoms with Crippen LogP contribution in [-0.4, -0.2) is 26.1 Å². The van der Waals surface area contributed by atoms with Crippen molar-refractivity contribution in [1.29, 1.82) is 0 Å². The van der Waals surface area contributed by atoms with Crippen LogP contribution in [-0.2, 0) is 13.2 Å². The molecule has 124 valence electrons. The fourth-order valence-corrected chi connectivity index (χ4v) is 2.19. The molecular weight excluding hydrogens is 335 g/mol. The molecule has 2 rings (SSSR count). The van der Waals surface area contributed by atoms with Gasteiger partial charge in [0.05, 0.1) is 22.9 Å². The minimum Gasteiger partial charge on any atom is -0.473 e. The topological polar surface area (TPSA) is 57.0 Å². The Morgan fingerprint density at radius 1 is 1.35 bits per heavy atom. The summed E-state index contributed by atoms with van der Waals surface area (Å²) < 4.78 is 44.6. The van der Waals surface area contributed by atoms with Crippen LogP contribution in [0.3, 0.4) is 0 Å². The number of aromatic nitrogens is 3. The van der Waals surface area contributed by atoms with Gasteiger partial charge in [-0.3, -0.25) is 14.5 Å². The Morgan fingerprint density at radius 2 is 2.00 bits per heavy atom. The van der Waals surface area contributed by atoms with Crippen LogP contribution < -0.4 is 4.74 Å². The Kier molecular flexibility index (Phi) is 4.65. The average Bonchev–Trinajstić information content (AvgIpc) is 2.73. The minimum absolute atomic E-state index is 0.00502. The van der Waals surface area contributed by atoms with Crippen LogP contribution in [0.15, 0.2) is 18.3 Å². The molecule has 0 aliphatic rings. The van der Waals surface area contributed by atoms with E-state index in [4.69, 9.17) is 16.3 Å². The van der Waals surface area contributed by atoms with Crippen LogP contribution in [0.5, 0.6) is 5.88 Å². The van der Waals surface area contributed by atoms with E-state index in [9.17, 15) is 18.0 Å². The lowest BCUT2D eigenvalue weighted by Gasteiger charge is -2.10. The monoisotopic (exact) mass is 347 g/mol. The molecule has 0 spiro atoms. The number of alkyl halides is 3. The zero-order valence-electron chi connectivity index (χ0n) is 12.5. The average molecular weight is 348 g/mol. The van der Waals surface area contributed by atoms with Crippen molar-refractivity contribution in [1.82, 2.24) is 14.8 Å². The zero-order valence-corrected chi connectivity index (χ0v) is 13.2. The predicted octanol–water partition coefficient (Wildman–Crippen LogP) is 3.67. The fourth-order valence-electron chi connectivity index (χ4n) is 1.97. The number of rotatable bonds is 4. The number of nitrogens with zero attached hydrogens (tertiary/aromatic N) is 3. The molecule has 0 fully saturated rings. The fraction of sp³-hybridized carbons (Fsp3) is 0.357. The summed E-state index contributed by atoms with van der Waals surface area (Å²) in [6, 6.07) is 2.02. The van der Waals surface area contributed by atoms with Crippen molar-refractivity contribution in [3.63, 3.8) is 0 Å². The highest BCUT2D eigenvalue weighted by molar-refractivity contribution is 6.68. The second-order valence-electron chi connectivity index (χ2n) is 5.02. The van der Waals surface area contributed by atoms with Crippen molar-refractivity contribution in [3.8, 4) is 17.1 Å². The smallest absolute Gasteiger partial charge is 0.417 e. The zero-order chi connectivity index (χ0) is 17.4. The van der Waals surface area contributed by atoms with Gasteiger partial charge in [0, 0.05) is 13.2 Å². The maximum absolute atomic E-state index is 12.6. The molecule has 0 bridgehead atoms. The van der Waals surface area contributed by atoms with E-state index in [1.54, 1.807) is 13.8 Å². The second-order valence-corrected chi connectivity index (χ2v) is 5.37. The highest BCUT2D eigenvalue weighted by Crippen LogP contribution is 2.35. The van der Waals surface area contributed by atoms with E-state index in [0.717, 1.165) is 12.1 Å². The molecule has 0 saturated heterocycles. The maximum atomic E-state index is 12.6. The van der Waals surface area contributed by atoms with Gasteiger partial charge in [-0.25, -0.2) is 0 Å². The van der Waals surface area contributed by atoms with E-state index in [-0.39, 0.29) is 28.9 Å². The van der Waals surface area contributed by atoms with Gasteiger partial charge in [0.1, 0.15) is 5.69 Å². The number of ether oxygens (including phenoxy) is 1. The van der Waals surface area contributed by atoms with Crippen LogP contribution in [0.25, 0.3) is 11.3 Å². The van der Waals surface area contributed by atoms with Gasteiger partial charge < -0.3 is 4.74 Å². The highest BCUT2D eigenvalue weighted by atomic mass is 35.5. The number of hydrogen-bond acceptors (Lipinski definition) is 4. The van der Waals surface area contributed by atoms with Crippen molar-refractivity contribution in [2.45, 2.75) is 26.1 Å². The molecule has 5 nitrogen and oxygen atoms in total. The molecule has 0 aromatic carbocycles. The summed E-state index contributed by atoms with van der Waals surface area (Å²) in [6.45, 7) is 3.50. The van der Waals surface area contributed by atoms with Crippen LogP contribution in [0, 0.1) is 0 Å². The first-order valence-corrected chi connectivity index (χ1v) is 6.96.